The van der Waals surface area contributed by atoms with E-state index in [1.165, 1.54) is 0 Å². The van der Waals surface area contributed by atoms with E-state index >= 15 is 0 Å². The van der Waals surface area contributed by atoms with Crippen LogP contribution in [-0.2, 0) is 0 Å². The molecule has 0 bridgehead atoms. The molecule has 0 aliphatic heterocycles. The Morgan fingerprint density at radius 1 is 1.10 bits per heavy atom. The molecule has 0 N–H and O–H groups in total. The predicted molar refractivity (Wildman–Crippen MR) is 42.0 cm³/mol. The second-order valence-corrected chi connectivity index (χ2v) is 3.16. The molecule has 0 aromatic heterocycles. The van der Waals surface area contributed by atoms with Crippen LogP contribution in [0.5, 0.6) is 0 Å². The van der Waals surface area contributed by atoms with Crippen LogP contribution in [-0.4, -0.2) is 23.5 Å². The fraction of sp³-hybridized carbons (Fsp3) is 0.750. The van der Waals surface area contributed by atoms with Crippen molar-refractivity contribution in [3.8, 4) is 0 Å². The Morgan fingerprint density at radius 3 is 1.40 bits per heavy atom. The summed E-state index contributed by atoms with van der Waals surface area (Å²) in [4.78, 5) is 2.22. The van der Waals surface area contributed by atoms with E-state index in [0.29, 0.717) is 0 Å². The third kappa shape index (κ3) is 5.27. The van der Waals surface area contributed by atoms with E-state index in [9.17, 15) is 0 Å². The molecule has 0 atom stereocenters. The van der Waals surface area contributed by atoms with Gasteiger partial charge in [0.05, 0.1) is 0 Å². The van der Waals surface area contributed by atoms with Crippen molar-refractivity contribution < 1.29 is 51.4 Å². The fourth-order valence-electron chi connectivity index (χ4n) is 0.783. The van der Waals surface area contributed by atoms with Crippen LogP contribution in [0.15, 0.2) is 0 Å². The largest absolute Gasteiger partial charge is 1.00 e. The zero-order valence-corrected chi connectivity index (χ0v) is 10.9. The summed E-state index contributed by atoms with van der Waals surface area (Å²) in [5, 5.41) is 0. The van der Waals surface area contributed by atoms with Crippen molar-refractivity contribution in [1.29, 1.82) is 0 Å². The Labute approximate surface area is 108 Å². The predicted octanol–water partition coefficient (Wildman–Crippen LogP) is -1.24. The Bertz CT molecular complexity index is 71.8. The summed E-state index contributed by atoms with van der Waals surface area (Å²) >= 11 is 0. The van der Waals surface area contributed by atoms with Crippen LogP contribution in [0.4, 0.5) is 0 Å². The first-order valence-corrected chi connectivity index (χ1v) is 3.36. The van der Waals surface area contributed by atoms with Gasteiger partial charge in [-0.3, -0.25) is 0 Å². The van der Waals surface area contributed by atoms with Gasteiger partial charge in [0.15, 0.2) is 0 Å². The molecule has 0 radical (unpaired) electrons. The van der Waals surface area contributed by atoms with Crippen LogP contribution < -0.4 is 51.4 Å². The van der Waals surface area contributed by atoms with Gasteiger partial charge >= 0.3 is 51.4 Å². The Kier molecular flexibility index (Phi) is 8.70. The van der Waals surface area contributed by atoms with Gasteiger partial charge in [0.25, 0.3) is 0 Å². The quantitative estimate of drug-likeness (QED) is 0.366. The second kappa shape index (κ2) is 6.15. The monoisotopic (exact) mass is 166 g/mol. The van der Waals surface area contributed by atoms with Crippen molar-refractivity contribution in [2.45, 2.75) is 26.3 Å². The van der Waals surface area contributed by atoms with Crippen LogP contribution in [0, 0.1) is 13.8 Å². The van der Waals surface area contributed by atoms with Gasteiger partial charge in [-0.05, 0) is 20.8 Å². The van der Waals surface area contributed by atoms with E-state index in [1.807, 2.05) is 0 Å². The molecular weight excluding hydrogens is 149 g/mol. The first kappa shape index (κ1) is 14.1. The van der Waals surface area contributed by atoms with E-state index in [0.717, 1.165) is 13.1 Å². The smallest absolute Gasteiger partial charge is 0.358 e. The maximum atomic E-state index is 3.81. The van der Waals surface area contributed by atoms with Gasteiger partial charge in [-0.1, -0.05) is 0 Å². The summed E-state index contributed by atoms with van der Waals surface area (Å²) in [6.45, 7) is 15.8. The zero-order valence-electron chi connectivity index (χ0n) is 7.78. The Morgan fingerprint density at radius 2 is 1.40 bits per heavy atom. The summed E-state index contributed by atoms with van der Waals surface area (Å²) in [6.07, 6.45) is 0. The minimum absolute atomic E-state index is 0. The minimum atomic E-state index is 0. The molecule has 1 nitrogen and oxygen atoms in total. The molecule has 0 spiro atoms. The molecular formula is C8H17KN-. The zero-order chi connectivity index (χ0) is 7.49. The Balaban J connectivity index is 0. The van der Waals surface area contributed by atoms with Crippen molar-refractivity contribution in [3.05, 3.63) is 13.8 Å². The van der Waals surface area contributed by atoms with Crippen molar-refractivity contribution in [2.75, 3.05) is 13.1 Å². The first-order valence-electron chi connectivity index (χ1n) is 3.36. The second-order valence-electron chi connectivity index (χ2n) is 3.16. The van der Waals surface area contributed by atoms with Crippen molar-refractivity contribution in [2.24, 2.45) is 0 Å². The molecule has 0 saturated heterocycles. The van der Waals surface area contributed by atoms with Gasteiger partial charge in [0.2, 0.25) is 0 Å². The maximum absolute atomic E-state index is 3.81. The van der Waals surface area contributed by atoms with Crippen molar-refractivity contribution >= 4 is 0 Å². The molecule has 10 heavy (non-hydrogen) atoms. The molecule has 56 valence electrons. The SMILES string of the molecule is [CH2-]CN(C[CH2-])C(C)(C)C.[K+]. The molecule has 0 aliphatic carbocycles. The summed E-state index contributed by atoms with van der Waals surface area (Å²) in [5.41, 5.74) is 0.226. The molecule has 2 heteroatoms. The average Bonchev–Trinajstić information content (AvgIpc) is 1.65. The molecule has 0 aliphatic rings. The van der Waals surface area contributed by atoms with Crippen molar-refractivity contribution in [1.82, 2.24) is 4.90 Å². The van der Waals surface area contributed by atoms with Gasteiger partial charge in [0.1, 0.15) is 0 Å². The van der Waals surface area contributed by atoms with E-state index in [4.69, 9.17) is 0 Å². The molecule has 0 amide bonds. The van der Waals surface area contributed by atoms with Crippen molar-refractivity contribution in [3.63, 3.8) is 0 Å². The number of nitrogens with zero attached hydrogens (tertiary/aromatic N) is 1. The summed E-state index contributed by atoms with van der Waals surface area (Å²) < 4.78 is 0. The number of hydrogen-bond acceptors (Lipinski definition) is 1. The molecule has 0 rings (SSSR count). The average molecular weight is 166 g/mol. The van der Waals surface area contributed by atoms with Crippen LogP contribution in [0.1, 0.15) is 20.8 Å². The third-order valence-electron chi connectivity index (χ3n) is 1.49. The topological polar surface area (TPSA) is 3.24 Å². The van der Waals surface area contributed by atoms with Crippen LogP contribution in [0.2, 0.25) is 0 Å². The van der Waals surface area contributed by atoms with E-state index < -0.39 is 0 Å². The minimum Gasteiger partial charge on any atom is -0.358 e. The number of hydrogen-bond donors (Lipinski definition) is 0. The summed E-state index contributed by atoms with van der Waals surface area (Å²) in [5.74, 6) is 0. The van der Waals surface area contributed by atoms with Crippen LogP contribution >= 0.6 is 0 Å². The van der Waals surface area contributed by atoms with Gasteiger partial charge in [0, 0.05) is 5.54 Å². The summed E-state index contributed by atoms with van der Waals surface area (Å²) in [7, 11) is 0. The van der Waals surface area contributed by atoms with Gasteiger partial charge in [-0.25, -0.2) is 0 Å². The summed E-state index contributed by atoms with van der Waals surface area (Å²) in [6, 6.07) is 0. The number of rotatable bonds is 2. The van der Waals surface area contributed by atoms with Gasteiger partial charge in [-0.2, -0.15) is 0 Å². The van der Waals surface area contributed by atoms with E-state index in [2.05, 4.69) is 39.5 Å². The van der Waals surface area contributed by atoms with Crippen LogP contribution in [0.25, 0.3) is 0 Å². The van der Waals surface area contributed by atoms with Gasteiger partial charge < -0.3 is 18.7 Å². The molecule has 0 fully saturated rings. The molecule has 0 aromatic carbocycles. The third-order valence-corrected chi connectivity index (χ3v) is 1.49. The van der Waals surface area contributed by atoms with Crippen LogP contribution in [0.3, 0.4) is 0 Å². The maximum Gasteiger partial charge on any atom is 1.00 e. The van der Waals surface area contributed by atoms with Gasteiger partial charge in [-0.15, -0.1) is 13.1 Å². The molecule has 0 unspecified atom stereocenters. The standard InChI is InChI=1S/C8H17N.K/c1-6-9(7-2)8(3,4)5;/h1-2,6-7H2,3-5H3;/q-2;+1. The van der Waals surface area contributed by atoms with E-state index in [1.54, 1.807) is 0 Å². The Hall–Kier alpha value is 1.60. The normalized spacial score (nSPS) is 11.4. The van der Waals surface area contributed by atoms with E-state index in [-0.39, 0.29) is 56.9 Å². The molecule has 0 heterocycles. The molecule has 0 saturated carbocycles. The first-order chi connectivity index (χ1) is 4.02. The fourth-order valence-corrected chi connectivity index (χ4v) is 0.783. The molecule has 0 aromatic rings.